The van der Waals surface area contributed by atoms with Crippen LogP contribution in [0, 0.1) is 6.92 Å². The standard InChI is InChI=1S/C15H16N2O2/c1-10-5-3-7-13(18)14(10)17-15(19)11(2)12-6-4-8-16-9-12/h3-9,11,18H,1-2H3,(H,17,19)/t11-/m1/s1. The number of amides is 1. The first kappa shape index (κ1) is 13.1. The van der Waals surface area contributed by atoms with Crippen molar-refractivity contribution in [3.63, 3.8) is 0 Å². The molecule has 0 radical (unpaired) electrons. The highest BCUT2D eigenvalue weighted by Crippen LogP contribution is 2.27. The number of phenolic OH excluding ortho intramolecular Hbond substituents is 1. The minimum absolute atomic E-state index is 0.0757. The summed E-state index contributed by atoms with van der Waals surface area (Å²) in [5.41, 5.74) is 2.13. The highest BCUT2D eigenvalue weighted by molar-refractivity contribution is 5.97. The van der Waals surface area contributed by atoms with E-state index >= 15 is 0 Å². The maximum absolute atomic E-state index is 12.2. The second-order valence-corrected chi connectivity index (χ2v) is 4.47. The highest BCUT2D eigenvalue weighted by Gasteiger charge is 2.17. The van der Waals surface area contributed by atoms with Crippen molar-refractivity contribution >= 4 is 11.6 Å². The number of carbonyl (C=O) groups excluding carboxylic acids is 1. The lowest BCUT2D eigenvalue weighted by Gasteiger charge is -2.14. The molecule has 0 unspecified atom stereocenters. The average molecular weight is 256 g/mol. The van der Waals surface area contributed by atoms with Gasteiger partial charge in [0.05, 0.1) is 11.6 Å². The summed E-state index contributed by atoms with van der Waals surface area (Å²) in [6, 6.07) is 8.78. The van der Waals surface area contributed by atoms with Gasteiger partial charge in [0.2, 0.25) is 5.91 Å². The van der Waals surface area contributed by atoms with Gasteiger partial charge < -0.3 is 10.4 Å². The van der Waals surface area contributed by atoms with Gasteiger partial charge in [-0.15, -0.1) is 0 Å². The van der Waals surface area contributed by atoms with Gasteiger partial charge in [0.25, 0.3) is 0 Å². The van der Waals surface area contributed by atoms with E-state index in [0.717, 1.165) is 11.1 Å². The molecule has 1 atom stereocenters. The SMILES string of the molecule is Cc1cccc(O)c1NC(=O)[C@H](C)c1cccnc1. The molecule has 0 aliphatic carbocycles. The van der Waals surface area contributed by atoms with Crippen molar-refractivity contribution in [1.82, 2.24) is 4.98 Å². The third-order valence-electron chi connectivity index (χ3n) is 3.08. The molecule has 4 nitrogen and oxygen atoms in total. The predicted molar refractivity (Wildman–Crippen MR) is 74.1 cm³/mol. The van der Waals surface area contributed by atoms with E-state index in [1.165, 1.54) is 0 Å². The van der Waals surface area contributed by atoms with Gasteiger partial charge in [-0.1, -0.05) is 18.2 Å². The predicted octanol–water partition coefficient (Wildman–Crippen LogP) is 2.84. The summed E-state index contributed by atoms with van der Waals surface area (Å²) in [4.78, 5) is 16.2. The molecular weight excluding hydrogens is 240 g/mol. The molecule has 98 valence electrons. The smallest absolute Gasteiger partial charge is 0.231 e. The highest BCUT2D eigenvalue weighted by atomic mass is 16.3. The van der Waals surface area contributed by atoms with Crippen molar-refractivity contribution in [3.8, 4) is 5.75 Å². The number of anilines is 1. The lowest BCUT2D eigenvalue weighted by atomic mass is 10.0. The van der Waals surface area contributed by atoms with Crippen LogP contribution in [0.3, 0.4) is 0 Å². The second kappa shape index (κ2) is 5.52. The Morgan fingerprint density at radius 1 is 1.32 bits per heavy atom. The molecule has 2 N–H and O–H groups in total. The van der Waals surface area contributed by atoms with Crippen LogP contribution < -0.4 is 5.32 Å². The maximum Gasteiger partial charge on any atom is 0.231 e. The lowest BCUT2D eigenvalue weighted by Crippen LogP contribution is -2.19. The van der Waals surface area contributed by atoms with Crippen LogP contribution in [0.2, 0.25) is 0 Å². The number of aromatic nitrogens is 1. The Hall–Kier alpha value is -2.36. The zero-order chi connectivity index (χ0) is 13.8. The molecule has 1 aromatic carbocycles. The van der Waals surface area contributed by atoms with E-state index in [2.05, 4.69) is 10.3 Å². The Morgan fingerprint density at radius 2 is 2.11 bits per heavy atom. The van der Waals surface area contributed by atoms with Crippen molar-refractivity contribution in [3.05, 3.63) is 53.9 Å². The zero-order valence-electron chi connectivity index (χ0n) is 10.9. The van der Waals surface area contributed by atoms with Crippen molar-refractivity contribution in [2.75, 3.05) is 5.32 Å². The third kappa shape index (κ3) is 2.91. The molecular formula is C15H16N2O2. The number of nitrogens with one attached hydrogen (secondary N) is 1. The summed E-state index contributed by atoms with van der Waals surface area (Å²) in [6.45, 7) is 3.64. The van der Waals surface area contributed by atoms with Crippen LogP contribution in [0.25, 0.3) is 0 Å². The van der Waals surface area contributed by atoms with E-state index in [-0.39, 0.29) is 17.6 Å². The van der Waals surface area contributed by atoms with E-state index in [0.29, 0.717) is 5.69 Å². The monoisotopic (exact) mass is 256 g/mol. The van der Waals surface area contributed by atoms with Crippen molar-refractivity contribution < 1.29 is 9.90 Å². The minimum atomic E-state index is -0.326. The largest absolute Gasteiger partial charge is 0.506 e. The molecule has 1 aromatic heterocycles. The topological polar surface area (TPSA) is 62.2 Å². The quantitative estimate of drug-likeness (QED) is 0.830. The number of para-hydroxylation sites is 1. The average Bonchev–Trinajstić information content (AvgIpc) is 2.43. The Labute approximate surface area is 112 Å². The first-order valence-corrected chi connectivity index (χ1v) is 6.09. The molecule has 4 heteroatoms. The molecule has 2 aromatic rings. The van der Waals surface area contributed by atoms with Crippen LogP contribution in [-0.2, 0) is 4.79 Å². The second-order valence-electron chi connectivity index (χ2n) is 4.47. The van der Waals surface area contributed by atoms with E-state index in [4.69, 9.17) is 0 Å². The molecule has 2 rings (SSSR count). The summed E-state index contributed by atoms with van der Waals surface area (Å²) in [7, 11) is 0. The van der Waals surface area contributed by atoms with Crippen LogP contribution in [0.5, 0.6) is 5.75 Å². The van der Waals surface area contributed by atoms with Crippen molar-refractivity contribution in [1.29, 1.82) is 0 Å². The summed E-state index contributed by atoms with van der Waals surface area (Å²) >= 11 is 0. The molecule has 0 spiro atoms. The number of phenols is 1. The van der Waals surface area contributed by atoms with Crippen LogP contribution in [0.15, 0.2) is 42.7 Å². The van der Waals surface area contributed by atoms with Gasteiger partial charge in [0.15, 0.2) is 0 Å². The number of nitrogens with zero attached hydrogens (tertiary/aromatic N) is 1. The van der Waals surface area contributed by atoms with Crippen LogP contribution in [-0.4, -0.2) is 16.0 Å². The summed E-state index contributed by atoms with van der Waals surface area (Å²) in [5, 5.41) is 12.5. The molecule has 1 heterocycles. The summed E-state index contributed by atoms with van der Waals surface area (Å²) < 4.78 is 0. The fourth-order valence-corrected chi connectivity index (χ4v) is 1.83. The fourth-order valence-electron chi connectivity index (χ4n) is 1.83. The van der Waals surface area contributed by atoms with Gasteiger partial charge in [0, 0.05) is 12.4 Å². The zero-order valence-corrected chi connectivity index (χ0v) is 10.9. The number of rotatable bonds is 3. The molecule has 0 aliphatic rings. The normalized spacial score (nSPS) is 11.9. The van der Waals surface area contributed by atoms with Gasteiger partial charge in [0.1, 0.15) is 5.75 Å². The first-order valence-electron chi connectivity index (χ1n) is 6.09. The molecule has 0 saturated carbocycles. The van der Waals surface area contributed by atoms with Crippen molar-refractivity contribution in [2.45, 2.75) is 19.8 Å². The fraction of sp³-hybridized carbons (Fsp3) is 0.200. The molecule has 19 heavy (non-hydrogen) atoms. The first-order chi connectivity index (χ1) is 9.09. The van der Waals surface area contributed by atoms with E-state index < -0.39 is 0 Å². The molecule has 0 aliphatic heterocycles. The number of hydrogen-bond donors (Lipinski definition) is 2. The van der Waals surface area contributed by atoms with E-state index in [9.17, 15) is 9.90 Å². The van der Waals surface area contributed by atoms with Crippen LogP contribution >= 0.6 is 0 Å². The van der Waals surface area contributed by atoms with Gasteiger partial charge in [-0.2, -0.15) is 0 Å². The molecule has 0 fully saturated rings. The van der Waals surface area contributed by atoms with Crippen molar-refractivity contribution in [2.24, 2.45) is 0 Å². The lowest BCUT2D eigenvalue weighted by molar-refractivity contribution is -0.117. The third-order valence-corrected chi connectivity index (χ3v) is 3.08. The van der Waals surface area contributed by atoms with Gasteiger partial charge in [-0.25, -0.2) is 0 Å². The minimum Gasteiger partial charge on any atom is -0.506 e. The Bertz CT molecular complexity index is 562. The number of pyridine rings is 1. The van der Waals surface area contributed by atoms with Gasteiger partial charge in [-0.3, -0.25) is 9.78 Å². The summed E-state index contributed by atoms with van der Waals surface area (Å²) in [6.07, 6.45) is 3.34. The van der Waals surface area contributed by atoms with Gasteiger partial charge >= 0.3 is 0 Å². The number of hydrogen-bond acceptors (Lipinski definition) is 3. The van der Waals surface area contributed by atoms with Crippen LogP contribution in [0.1, 0.15) is 24.0 Å². The van der Waals surface area contributed by atoms with Crippen LogP contribution in [0.4, 0.5) is 5.69 Å². The number of carbonyl (C=O) groups is 1. The number of aryl methyl sites for hydroxylation is 1. The Morgan fingerprint density at radius 3 is 2.74 bits per heavy atom. The number of aromatic hydroxyl groups is 1. The molecule has 0 saturated heterocycles. The Balaban J connectivity index is 2.18. The summed E-state index contributed by atoms with van der Waals surface area (Å²) in [5.74, 6) is -0.419. The van der Waals surface area contributed by atoms with E-state index in [1.807, 2.05) is 26.0 Å². The van der Waals surface area contributed by atoms with Gasteiger partial charge in [-0.05, 0) is 37.1 Å². The Kier molecular flexibility index (Phi) is 3.80. The molecule has 0 bridgehead atoms. The molecule has 1 amide bonds. The van der Waals surface area contributed by atoms with E-state index in [1.54, 1.807) is 30.6 Å². The maximum atomic E-state index is 12.2. The number of benzene rings is 1.